The topological polar surface area (TPSA) is 50.8 Å². The van der Waals surface area contributed by atoms with Crippen molar-refractivity contribution in [2.45, 2.75) is 13.5 Å². The van der Waals surface area contributed by atoms with Crippen LogP contribution in [0.2, 0.25) is 0 Å². The average Bonchev–Trinajstić information content (AvgIpc) is 2.81. The van der Waals surface area contributed by atoms with Gasteiger partial charge in [-0.15, -0.1) is 0 Å². The van der Waals surface area contributed by atoms with Crippen LogP contribution in [0.1, 0.15) is 16.8 Å². The molecule has 3 aromatic rings. The number of nitriles is 1. The van der Waals surface area contributed by atoms with E-state index in [9.17, 15) is 0 Å². The van der Waals surface area contributed by atoms with E-state index in [1.54, 1.807) is 12.1 Å². The molecule has 1 aromatic heterocycles. The van der Waals surface area contributed by atoms with Gasteiger partial charge in [-0.1, -0.05) is 18.2 Å². The van der Waals surface area contributed by atoms with Crippen LogP contribution >= 0.6 is 0 Å². The van der Waals surface area contributed by atoms with Crippen LogP contribution < -0.4 is 4.74 Å². The van der Waals surface area contributed by atoms with E-state index in [0.29, 0.717) is 12.2 Å². The molecule has 104 valence electrons. The molecule has 2 aromatic carbocycles. The fraction of sp³-hybridized carbons (Fsp3) is 0.176. The Morgan fingerprint density at radius 2 is 1.95 bits per heavy atom. The Balaban J connectivity index is 1.86. The van der Waals surface area contributed by atoms with Gasteiger partial charge in [-0.2, -0.15) is 10.4 Å². The predicted octanol–water partition coefficient (Wildman–Crippen LogP) is 3.33. The SMILES string of the molecule is Cc1nn(C)c2cccc(OCc3ccc(C#N)cc3)c12. The second-order valence-corrected chi connectivity index (χ2v) is 4.96. The Labute approximate surface area is 123 Å². The van der Waals surface area contributed by atoms with Gasteiger partial charge in [-0.05, 0) is 36.8 Å². The molecular formula is C17H15N3O. The Bertz CT molecular complexity index is 826. The third kappa shape index (κ3) is 2.46. The minimum absolute atomic E-state index is 0.471. The highest BCUT2D eigenvalue weighted by molar-refractivity contribution is 5.88. The van der Waals surface area contributed by atoms with Crippen molar-refractivity contribution >= 4 is 10.9 Å². The van der Waals surface area contributed by atoms with Crippen LogP contribution in [-0.2, 0) is 13.7 Å². The molecule has 0 aliphatic carbocycles. The molecule has 0 radical (unpaired) electrons. The summed E-state index contributed by atoms with van der Waals surface area (Å²) in [7, 11) is 1.93. The van der Waals surface area contributed by atoms with Crippen molar-refractivity contribution in [1.82, 2.24) is 9.78 Å². The van der Waals surface area contributed by atoms with Crippen LogP contribution in [0.5, 0.6) is 5.75 Å². The van der Waals surface area contributed by atoms with Gasteiger partial charge in [0.05, 0.1) is 28.2 Å². The van der Waals surface area contributed by atoms with Crippen molar-refractivity contribution < 1.29 is 4.74 Å². The molecule has 21 heavy (non-hydrogen) atoms. The summed E-state index contributed by atoms with van der Waals surface area (Å²) >= 11 is 0. The summed E-state index contributed by atoms with van der Waals surface area (Å²) < 4.78 is 7.80. The van der Waals surface area contributed by atoms with Gasteiger partial charge in [0.25, 0.3) is 0 Å². The summed E-state index contributed by atoms with van der Waals surface area (Å²) in [6, 6.07) is 15.5. The van der Waals surface area contributed by atoms with E-state index in [4.69, 9.17) is 10.00 Å². The molecule has 0 saturated carbocycles. The highest BCUT2D eigenvalue weighted by atomic mass is 16.5. The van der Waals surface area contributed by atoms with E-state index in [0.717, 1.165) is 27.9 Å². The molecule has 3 rings (SSSR count). The number of benzene rings is 2. The van der Waals surface area contributed by atoms with Gasteiger partial charge in [0.1, 0.15) is 12.4 Å². The van der Waals surface area contributed by atoms with Crippen LogP contribution in [-0.4, -0.2) is 9.78 Å². The summed E-state index contributed by atoms with van der Waals surface area (Å²) in [5.74, 6) is 0.836. The Hall–Kier alpha value is -2.80. The number of nitrogens with zero attached hydrogens (tertiary/aromatic N) is 3. The molecule has 0 unspecified atom stereocenters. The fourth-order valence-corrected chi connectivity index (χ4v) is 2.44. The summed E-state index contributed by atoms with van der Waals surface area (Å²) in [5, 5.41) is 14.3. The number of rotatable bonds is 3. The van der Waals surface area contributed by atoms with Gasteiger partial charge < -0.3 is 4.74 Å². The monoisotopic (exact) mass is 277 g/mol. The zero-order valence-electron chi connectivity index (χ0n) is 12.0. The molecule has 0 atom stereocenters. The summed E-state index contributed by atoms with van der Waals surface area (Å²) in [6.45, 7) is 2.45. The Kier molecular flexibility index (Phi) is 3.33. The maximum absolute atomic E-state index is 8.80. The van der Waals surface area contributed by atoms with Gasteiger partial charge in [0.15, 0.2) is 0 Å². The van der Waals surface area contributed by atoms with E-state index < -0.39 is 0 Å². The van der Waals surface area contributed by atoms with Crippen molar-refractivity contribution in [3.05, 3.63) is 59.3 Å². The maximum atomic E-state index is 8.80. The summed E-state index contributed by atoms with van der Waals surface area (Å²) in [6.07, 6.45) is 0. The second-order valence-electron chi connectivity index (χ2n) is 4.96. The first kappa shape index (κ1) is 13.2. The third-order valence-electron chi connectivity index (χ3n) is 3.49. The zero-order valence-corrected chi connectivity index (χ0v) is 12.0. The molecular weight excluding hydrogens is 262 g/mol. The molecule has 0 spiro atoms. The van der Waals surface area contributed by atoms with E-state index >= 15 is 0 Å². The number of aromatic nitrogens is 2. The lowest BCUT2D eigenvalue weighted by atomic mass is 10.1. The Morgan fingerprint density at radius 1 is 1.19 bits per heavy atom. The molecule has 0 bridgehead atoms. The molecule has 4 nitrogen and oxygen atoms in total. The highest BCUT2D eigenvalue weighted by Gasteiger charge is 2.10. The second kappa shape index (κ2) is 5.29. The lowest BCUT2D eigenvalue weighted by Crippen LogP contribution is -1.96. The lowest BCUT2D eigenvalue weighted by molar-refractivity contribution is 0.310. The summed E-state index contributed by atoms with van der Waals surface area (Å²) in [5.41, 5.74) is 3.71. The normalized spacial score (nSPS) is 10.5. The van der Waals surface area contributed by atoms with Gasteiger partial charge in [0.2, 0.25) is 0 Å². The highest BCUT2D eigenvalue weighted by Crippen LogP contribution is 2.28. The Morgan fingerprint density at radius 3 is 2.67 bits per heavy atom. The fourth-order valence-electron chi connectivity index (χ4n) is 2.44. The minimum atomic E-state index is 0.471. The average molecular weight is 277 g/mol. The first-order chi connectivity index (χ1) is 10.2. The van der Waals surface area contributed by atoms with E-state index in [2.05, 4.69) is 11.2 Å². The van der Waals surface area contributed by atoms with Gasteiger partial charge in [0, 0.05) is 7.05 Å². The smallest absolute Gasteiger partial charge is 0.131 e. The van der Waals surface area contributed by atoms with Crippen LogP contribution in [0.4, 0.5) is 0 Å². The first-order valence-corrected chi connectivity index (χ1v) is 6.73. The van der Waals surface area contributed by atoms with E-state index in [1.165, 1.54) is 0 Å². The minimum Gasteiger partial charge on any atom is -0.488 e. The molecule has 0 aliphatic heterocycles. The van der Waals surface area contributed by atoms with Crippen LogP contribution in [0.15, 0.2) is 42.5 Å². The van der Waals surface area contributed by atoms with Gasteiger partial charge >= 0.3 is 0 Å². The molecule has 4 heteroatoms. The predicted molar refractivity (Wildman–Crippen MR) is 80.9 cm³/mol. The molecule has 0 N–H and O–H groups in total. The first-order valence-electron chi connectivity index (χ1n) is 6.73. The van der Waals surface area contributed by atoms with Crippen molar-refractivity contribution in [3.63, 3.8) is 0 Å². The molecule has 0 fully saturated rings. The van der Waals surface area contributed by atoms with Crippen LogP contribution in [0.25, 0.3) is 10.9 Å². The standard InChI is InChI=1S/C17H15N3O/c1-12-17-15(20(2)19-12)4-3-5-16(17)21-11-14-8-6-13(10-18)7-9-14/h3-9H,11H2,1-2H3. The van der Waals surface area contributed by atoms with Crippen molar-refractivity contribution in [1.29, 1.82) is 5.26 Å². The molecule has 1 heterocycles. The third-order valence-corrected chi connectivity index (χ3v) is 3.49. The maximum Gasteiger partial charge on any atom is 0.131 e. The zero-order chi connectivity index (χ0) is 14.8. The van der Waals surface area contributed by atoms with Crippen molar-refractivity contribution in [2.24, 2.45) is 7.05 Å². The summed E-state index contributed by atoms with van der Waals surface area (Å²) in [4.78, 5) is 0. The van der Waals surface area contributed by atoms with Gasteiger partial charge in [-0.25, -0.2) is 0 Å². The number of ether oxygens (including phenoxy) is 1. The van der Waals surface area contributed by atoms with E-state index in [1.807, 2.05) is 49.0 Å². The largest absolute Gasteiger partial charge is 0.488 e. The number of hydrogen-bond acceptors (Lipinski definition) is 3. The van der Waals surface area contributed by atoms with Crippen molar-refractivity contribution in [3.8, 4) is 11.8 Å². The van der Waals surface area contributed by atoms with Gasteiger partial charge in [-0.3, -0.25) is 4.68 Å². The van der Waals surface area contributed by atoms with Crippen LogP contribution in [0, 0.1) is 18.3 Å². The quantitative estimate of drug-likeness (QED) is 0.737. The number of fused-ring (bicyclic) bond motifs is 1. The molecule has 0 aliphatic rings. The lowest BCUT2D eigenvalue weighted by Gasteiger charge is -2.08. The molecule has 0 saturated heterocycles. The van der Waals surface area contributed by atoms with E-state index in [-0.39, 0.29) is 0 Å². The number of aryl methyl sites for hydroxylation is 2. The number of hydrogen-bond donors (Lipinski definition) is 0. The van der Waals surface area contributed by atoms with Crippen LogP contribution in [0.3, 0.4) is 0 Å². The van der Waals surface area contributed by atoms with Crippen molar-refractivity contribution in [2.75, 3.05) is 0 Å². The molecule has 0 amide bonds.